The predicted molar refractivity (Wildman–Crippen MR) is 117 cm³/mol. The summed E-state index contributed by atoms with van der Waals surface area (Å²) in [5.41, 5.74) is 2.60. The first-order valence-electron chi connectivity index (χ1n) is 10.2. The molecule has 1 aliphatic rings. The lowest BCUT2D eigenvalue weighted by molar-refractivity contribution is -0.131. The van der Waals surface area contributed by atoms with Crippen LogP contribution in [0.4, 0.5) is 9.52 Å². The highest BCUT2D eigenvalue weighted by Gasteiger charge is 2.23. The minimum absolute atomic E-state index is 0.135. The number of aryl methyl sites for hydroxylation is 1. The van der Waals surface area contributed by atoms with E-state index in [2.05, 4.69) is 20.3 Å². The van der Waals surface area contributed by atoms with Gasteiger partial charge in [0.25, 0.3) is 0 Å². The predicted octanol–water partition coefficient (Wildman–Crippen LogP) is 3.42. The summed E-state index contributed by atoms with van der Waals surface area (Å²) in [6.45, 7) is 2.76. The Bertz CT molecular complexity index is 1080. The zero-order valence-corrected chi connectivity index (χ0v) is 17.8. The standard InChI is InChI=1S/C23H22FN5OS/c24-20-7-4-18(5-8-20)15-21-26-23(31-27-21)29-12-10-28(11-13-29)22(30)9-6-17-2-1-3-19(14-17)16-25/h1-5,7-8,14H,6,9-13,15H2. The normalized spacial score (nSPS) is 13.8. The maximum Gasteiger partial charge on any atom is 0.223 e. The van der Waals surface area contributed by atoms with Crippen LogP contribution in [0.25, 0.3) is 0 Å². The van der Waals surface area contributed by atoms with Crippen molar-refractivity contribution in [1.29, 1.82) is 5.26 Å². The van der Waals surface area contributed by atoms with E-state index in [0.29, 0.717) is 37.9 Å². The lowest BCUT2D eigenvalue weighted by atomic mass is 10.1. The second-order valence-electron chi connectivity index (χ2n) is 7.48. The molecule has 1 aromatic heterocycles. The molecular weight excluding hydrogens is 413 g/mol. The molecule has 1 fully saturated rings. The number of nitriles is 1. The smallest absolute Gasteiger partial charge is 0.223 e. The van der Waals surface area contributed by atoms with Crippen molar-refractivity contribution in [2.75, 3.05) is 31.1 Å². The number of hydrogen-bond acceptors (Lipinski definition) is 6. The number of amides is 1. The van der Waals surface area contributed by atoms with E-state index in [4.69, 9.17) is 5.26 Å². The number of halogens is 1. The van der Waals surface area contributed by atoms with Gasteiger partial charge in [0.15, 0.2) is 0 Å². The maximum atomic E-state index is 13.1. The van der Waals surface area contributed by atoms with Gasteiger partial charge in [-0.3, -0.25) is 4.79 Å². The molecule has 0 atom stereocenters. The van der Waals surface area contributed by atoms with E-state index < -0.39 is 0 Å². The van der Waals surface area contributed by atoms with Crippen LogP contribution in [-0.2, 0) is 17.6 Å². The van der Waals surface area contributed by atoms with Crippen LogP contribution in [-0.4, -0.2) is 46.3 Å². The number of benzene rings is 2. The Morgan fingerprint density at radius 3 is 2.61 bits per heavy atom. The summed E-state index contributed by atoms with van der Waals surface area (Å²) in [7, 11) is 0. The fraction of sp³-hybridized carbons (Fsp3) is 0.304. The Balaban J connectivity index is 1.26. The summed E-state index contributed by atoms with van der Waals surface area (Å²) in [6.07, 6.45) is 1.65. The molecule has 0 unspecified atom stereocenters. The lowest BCUT2D eigenvalue weighted by Crippen LogP contribution is -2.48. The van der Waals surface area contributed by atoms with Gasteiger partial charge in [0, 0.05) is 50.6 Å². The van der Waals surface area contributed by atoms with Crippen molar-refractivity contribution in [3.05, 3.63) is 76.9 Å². The van der Waals surface area contributed by atoms with E-state index in [0.717, 1.165) is 35.2 Å². The number of carbonyl (C=O) groups excluding carboxylic acids is 1. The quantitative estimate of drug-likeness (QED) is 0.593. The molecule has 4 rings (SSSR count). The third kappa shape index (κ3) is 5.44. The van der Waals surface area contributed by atoms with Gasteiger partial charge in [-0.25, -0.2) is 9.37 Å². The fourth-order valence-corrected chi connectivity index (χ4v) is 4.32. The maximum absolute atomic E-state index is 13.1. The molecule has 31 heavy (non-hydrogen) atoms. The van der Waals surface area contributed by atoms with Gasteiger partial charge in [0.2, 0.25) is 11.0 Å². The first-order valence-corrected chi connectivity index (χ1v) is 11.0. The van der Waals surface area contributed by atoms with Crippen LogP contribution in [0.1, 0.15) is 28.9 Å². The molecule has 0 bridgehead atoms. The molecule has 3 aromatic rings. The highest BCUT2D eigenvalue weighted by molar-refractivity contribution is 7.09. The average molecular weight is 436 g/mol. The van der Waals surface area contributed by atoms with Gasteiger partial charge < -0.3 is 9.80 Å². The molecule has 8 heteroatoms. The molecule has 1 aliphatic heterocycles. The Morgan fingerprint density at radius 2 is 1.87 bits per heavy atom. The summed E-state index contributed by atoms with van der Waals surface area (Å²) >= 11 is 1.36. The van der Waals surface area contributed by atoms with Crippen molar-refractivity contribution in [3.8, 4) is 6.07 Å². The summed E-state index contributed by atoms with van der Waals surface area (Å²) in [6, 6.07) is 15.9. The summed E-state index contributed by atoms with van der Waals surface area (Å²) in [5, 5.41) is 9.85. The minimum atomic E-state index is -0.251. The van der Waals surface area contributed by atoms with Crippen LogP contribution in [0.3, 0.4) is 0 Å². The molecule has 1 saturated heterocycles. The molecule has 0 spiro atoms. The van der Waals surface area contributed by atoms with Gasteiger partial charge in [-0.2, -0.15) is 9.64 Å². The number of anilines is 1. The van der Waals surface area contributed by atoms with E-state index in [9.17, 15) is 9.18 Å². The second-order valence-corrected chi connectivity index (χ2v) is 8.21. The molecule has 158 valence electrons. The van der Waals surface area contributed by atoms with Crippen LogP contribution in [0.5, 0.6) is 0 Å². The highest BCUT2D eigenvalue weighted by Crippen LogP contribution is 2.21. The average Bonchev–Trinajstić information content (AvgIpc) is 3.28. The third-order valence-electron chi connectivity index (χ3n) is 5.32. The number of aromatic nitrogens is 2. The first-order chi connectivity index (χ1) is 15.1. The molecule has 0 N–H and O–H groups in total. The monoisotopic (exact) mass is 435 g/mol. The van der Waals surface area contributed by atoms with Crippen LogP contribution in [0.15, 0.2) is 48.5 Å². The Kier molecular flexibility index (Phi) is 6.53. The Hall–Kier alpha value is -3.31. The topological polar surface area (TPSA) is 73.1 Å². The van der Waals surface area contributed by atoms with Crippen molar-refractivity contribution in [1.82, 2.24) is 14.3 Å². The van der Waals surface area contributed by atoms with Crippen LogP contribution in [0.2, 0.25) is 0 Å². The fourth-order valence-electron chi connectivity index (χ4n) is 3.58. The summed E-state index contributed by atoms with van der Waals surface area (Å²) in [5.74, 6) is 0.611. The number of hydrogen-bond donors (Lipinski definition) is 0. The van der Waals surface area contributed by atoms with Crippen LogP contribution in [0, 0.1) is 17.1 Å². The van der Waals surface area contributed by atoms with Gasteiger partial charge in [0.1, 0.15) is 11.6 Å². The van der Waals surface area contributed by atoms with Gasteiger partial charge in [-0.05, 0) is 41.8 Å². The van der Waals surface area contributed by atoms with Gasteiger partial charge in [-0.15, -0.1) is 0 Å². The van der Waals surface area contributed by atoms with E-state index in [1.165, 1.54) is 23.7 Å². The molecule has 0 saturated carbocycles. The van der Waals surface area contributed by atoms with E-state index in [1.54, 1.807) is 18.2 Å². The molecule has 2 heterocycles. The first kappa shape index (κ1) is 20.9. The van der Waals surface area contributed by atoms with Gasteiger partial charge in [-0.1, -0.05) is 24.3 Å². The van der Waals surface area contributed by atoms with Gasteiger partial charge in [0.05, 0.1) is 11.6 Å². The largest absolute Gasteiger partial charge is 0.343 e. The minimum Gasteiger partial charge on any atom is -0.343 e. The number of rotatable bonds is 6. The molecule has 1 amide bonds. The highest BCUT2D eigenvalue weighted by atomic mass is 32.1. The van der Waals surface area contributed by atoms with Crippen molar-refractivity contribution in [2.24, 2.45) is 0 Å². The Morgan fingerprint density at radius 1 is 1.10 bits per heavy atom. The molecule has 2 aromatic carbocycles. The van der Waals surface area contributed by atoms with Crippen LogP contribution < -0.4 is 4.90 Å². The number of nitrogens with zero attached hydrogens (tertiary/aromatic N) is 5. The zero-order valence-electron chi connectivity index (χ0n) is 17.0. The zero-order chi connectivity index (χ0) is 21.6. The van der Waals surface area contributed by atoms with Crippen molar-refractivity contribution in [2.45, 2.75) is 19.3 Å². The molecule has 0 radical (unpaired) electrons. The van der Waals surface area contributed by atoms with E-state index in [-0.39, 0.29) is 11.7 Å². The lowest BCUT2D eigenvalue weighted by Gasteiger charge is -2.34. The van der Waals surface area contributed by atoms with Crippen molar-refractivity contribution < 1.29 is 9.18 Å². The summed E-state index contributed by atoms with van der Waals surface area (Å²) < 4.78 is 17.5. The SMILES string of the molecule is N#Cc1cccc(CCC(=O)N2CCN(c3nc(Cc4ccc(F)cc4)ns3)CC2)c1. The van der Waals surface area contributed by atoms with E-state index in [1.807, 2.05) is 23.1 Å². The molecular formula is C23H22FN5OS. The molecule has 6 nitrogen and oxygen atoms in total. The van der Waals surface area contributed by atoms with Crippen molar-refractivity contribution >= 4 is 22.6 Å². The van der Waals surface area contributed by atoms with Gasteiger partial charge >= 0.3 is 0 Å². The third-order valence-corrected chi connectivity index (χ3v) is 6.13. The molecule has 0 aliphatic carbocycles. The second kappa shape index (κ2) is 9.67. The van der Waals surface area contributed by atoms with Crippen LogP contribution >= 0.6 is 11.5 Å². The van der Waals surface area contributed by atoms with E-state index >= 15 is 0 Å². The van der Waals surface area contributed by atoms with Crippen molar-refractivity contribution in [3.63, 3.8) is 0 Å². The number of piperazine rings is 1. The summed E-state index contributed by atoms with van der Waals surface area (Å²) in [4.78, 5) is 21.3. The number of carbonyl (C=O) groups is 1. The Labute approximate surface area is 184 Å².